The number of fused-ring (bicyclic) bond motifs is 1. The quantitative estimate of drug-likeness (QED) is 0.848. The van der Waals surface area contributed by atoms with E-state index in [0.29, 0.717) is 12.5 Å². The molecule has 0 aliphatic carbocycles. The van der Waals surface area contributed by atoms with E-state index in [4.69, 9.17) is 14.2 Å². The smallest absolute Gasteiger partial charge is 0.231 e. The summed E-state index contributed by atoms with van der Waals surface area (Å²) in [7, 11) is 1.77. The van der Waals surface area contributed by atoms with Crippen LogP contribution in [-0.2, 0) is 16.0 Å². The number of nitrogens with zero attached hydrogens (tertiary/aromatic N) is 1. The molecule has 1 amide bonds. The minimum atomic E-state index is 0.186. The molecular formula is C16H19NO4S. The Labute approximate surface area is 133 Å². The average molecular weight is 321 g/mol. The standard InChI is InChI=1S/C16H19NO4S/c1-19-12-6-16(22-7-12)8-17(9-16)15(18)5-11-2-3-13-14(4-11)21-10-20-13/h2-4,12H,5-10H2,1H3. The first kappa shape index (κ1) is 14.2. The van der Waals surface area contributed by atoms with Gasteiger partial charge in [-0.25, -0.2) is 0 Å². The Morgan fingerprint density at radius 2 is 2.23 bits per heavy atom. The van der Waals surface area contributed by atoms with Crippen molar-refractivity contribution in [2.75, 3.05) is 32.7 Å². The molecule has 3 aliphatic heterocycles. The third-order valence-corrected chi connectivity index (χ3v) is 6.19. The number of hydrogen-bond donors (Lipinski definition) is 0. The molecular weight excluding hydrogens is 302 g/mol. The number of methoxy groups -OCH3 is 1. The number of benzene rings is 1. The molecule has 1 spiro atoms. The fourth-order valence-electron chi connectivity index (χ4n) is 3.34. The minimum absolute atomic E-state index is 0.186. The van der Waals surface area contributed by atoms with Crippen molar-refractivity contribution in [3.05, 3.63) is 23.8 Å². The Hall–Kier alpha value is -1.40. The molecule has 0 radical (unpaired) electrons. The van der Waals surface area contributed by atoms with Gasteiger partial charge in [-0.2, -0.15) is 0 Å². The average Bonchev–Trinajstić information content (AvgIpc) is 3.11. The molecule has 2 fully saturated rings. The van der Waals surface area contributed by atoms with Gasteiger partial charge in [0.25, 0.3) is 0 Å². The van der Waals surface area contributed by atoms with Crippen LogP contribution in [0.1, 0.15) is 12.0 Å². The molecule has 22 heavy (non-hydrogen) atoms. The number of ether oxygens (including phenoxy) is 3. The summed E-state index contributed by atoms with van der Waals surface area (Å²) in [6.07, 6.45) is 1.82. The van der Waals surface area contributed by atoms with Crippen molar-refractivity contribution in [2.24, 2.45) is 0 Å². The van der Waals surface area contributed by atoms with Gasteiger partial charge in [0.05, 0.1) is 17.3 Å². The lowest BCUT2D eigenvalue weighted by Gasteiger charge is -2.47. The molecule has 0 N–H and O–H groups in total. The van der Waals surface area contributed by atoms with E-state index in [1.165, 1.54) is 0 Å². The predicted molar refractivity (Wildman–Crippen MR) is 83.5 cm³/mol. The highest BCUT2D eigenvalue weighted by atomic mass is 32.2. The van der Waals surface area contributed by atoms with Gasteiger partial charge in [-0.15, -0.1) is 11.8 Å². The van der Waals surface area contributed by atoms with Crippen LogP contribution in [0.4, 0.5) is 0 Å². The molecule has 5 nitrogen and oxygen atoms in total. The van der Waals surface area contributed by atoms with E-state index in [1.807, 2.05) is 34.9 Å². The van der Waals surface area contributed by atoms with Crippen molar-refractivity contribution in [3.63, 3.8) is 0 Å². The Morgan fingerprint density at radius 3 is 3.00 bits per heavy atom. The van der Waals surface area contributed by atoms with Crippen molar-refractivity contribution in [2.45, 2.75) is 23.7 Å². The third kappa shape index (κ3) is 2.44. The summed E-state index contributed by atoms with van der Waals surface area (Å²) in [5.74, 6) is 2.72. The molecule has 0 aromatic heterocycles. The van der Waals surface area contributed by atoms with Gasteiger partial charge in [0.2, 0.25) is 12.7 Å². The topological polar surface area (TPSA) is 48.0 Å². The Morgan fingerprint density at radius 1 is 1.41 bits per heavy atom. The van der Waals surface area contributed by atoms with Gasteiger partial charge in [-0.1, -0.05) is 6.07 Å². The third-order valence-electron chi connectivity index (χ3n) is 4.61. The van der Waals surface area contributed by atoms with Gasteiger partial charge in [0, 0.05) is 26.0 Å². The summed E-state index contributed by atoms with van der Waals surface area (Å²) in [5, 5.41) is 0. The number of amides is 1. The molecule has 1 atom stereocenters. The maximum atomic E-state index is 12.4. The number of rotatable bonds is 3. The van der Waals surface area contributed by atoms with Crippen LogP contribution in [0.25, 0.3) is 0 Å². The van der Waals surface area contributed by atoms with Crippen LogP contribution >= 0.6 is 11.8 Å². The second kappa shape index (κ2) is 5.35. The summed E-state index contributed by atoms with van der Waals surface area (Å²) in [6, 6.07) is 5.71. The first-order valence-corrected chi connectivity index (χ1v) is 8.49. The second-order valence-electron chi connectivity index (χ2n) is 6.17. The highest BCUT2D eigenvalue weighted by Crippen LogP contribution is 2.46. The van der Waals surface area contributed by atoms with E-state index in [1.54, 1.807) is 7.11 Å². The van der Waals surface area contributed by atoms with Crippen molar-refractivity contribution in [1.82, 2.24) is 4.90 Å². The molecule has 0 bridgehead atoms. The fraction of sp³-hybridized carbons (Fsp3) is 0.562. The number of likely N-dealkylation sites (tertiary alicyclic amines) is 1. The molecule has 3 heterocycles. The molecule has 118 valence electrons. The van der Waals surface area contributed by atoms with Crippen LogP contribution in [0, 0.1) is 0 Å². The van der Waals surface area contributed by atoms with E-state index in [2.05, 4.69) is 0 Å². The van der Waals surface area contributed by atoms with Gasteiger partial charge in [-0.05, 0) is 24.1 Å². The SMILES string of the molecule is COC1CSC2(C1)CN(C(=O)Cc1ccc3c(c1)OCO3)C2. The Bertz CT molecular complexity index is 600. The first-order chi connectivity index (χ1) is 10.7. The molecule has 3 aliphatic rings. The summed E-state index contributed by atoms with van der Waals surface area (Å²) in [5.41, 5.74) is 0.976. The van der Waals surface area contributed by atoms with Crippen molar-refractivity contribution in [3.8, 4) is 11.5 Å². The number of hydrogen-bond acceptors (Lipinski definition) is 5. The molecule has 0 saturated carbocycles. The normalized spacial score (nSPS) is 24.6. The molecule has 2 saturated heterocycles. The molecule has 1 aromatic rings. The van der Waals surface area contributed by atoms with Crippen LogP contribution in [-0.4, -0.2) is 54.4 Å². The Kier molecular flexibility index (Phi) is 3.46. The maximum absolute atomic E-state index is 12.4. The van der Waals surface area contributed by atoms with Gasteiger partial charge >= 0.3 is 0 Å². The summed E-state index contributed by atoms with van der Waals surface area (Å²) >= 11 is 1.95. The maximum Gasteiger partial charge on any atom is 0.231 e. The van der Waals surface area contributed by atoms with Crippen LogP contribution in [0.15, 0.2) is 18.2 Å². The van der Waals surface area contributed by atoms with Crippen molar-refractivity contribution >= 4 is 17.7 Å². The van der Waals surface area contributed by atoms with Crippen LogP contribution in [0.2, 0.25) is 0 Å². The lowest BCUT2D eigenvalue weighted by atomic mass is 9.92. The van der Waals surface area contributed by atoms with Crippen molar-refractivity contribution in [1.29, 1.82) is 0 Å². The summed E-state index contributed by atoms with van der Waals surface area (Å²) in [6.45, 7) is 1.96. The van der Waals surface area contributed by atoms with Gasteiger partial charge < -0.3 is 19.1 Å². The van der Waals surface area contributed by atoms with E-state index in [-0.39, 0.29) is 17.4 Å². The monoisotopic (exact) mass is 321 g/mol. The lowest BCUT2D eigenvalue weighted by Crippen LogP contribution is -2.61. The van der Waals surface area contributed by atoms with E-state index in [9.17, 15) is 4.79 Å². The van der Waals surface area contributed by atoms with Crippen molar-refractivity contribution < 1.29 is 19.0 Å². The zero-order valence-corrected chi connectivity index (χ0v) is 13.4. The van der Waals surface area contributed by atoms with Gasteiger partial charge in [0.1, 0.15) is 0 Å². The van der Waals surface area contributed by atoms with Gasteiger partial charge in [-0.3, -0.25) is 4.79 Å². The largest absolute Gasteiger partial charge is 0.454 e. The summed E-state index contributed by atoms with van der Waals surface area (Å²) in [4.78, 5) is 14.4. The predicted octanol–water partition coefficient (Wildman–Crippen LogP) is 1.69. The molecule has 4 rings (SSSR count). The zero-order chi connectivity index (χ0) is 15.2. The van der Waals surface area contributed by atoms with E-state index >= 15 is 0 Å². The number of carbonyl (C=O) groups is 1. The number of carbonyl (C=O) groups excluding carboxylic acids is 1. The van der Waals surface area contributed by atoms with Crippen LogP contribution in [0.5, 0.6) is 11.5 Å². The van der Waals surface area contributed by atoms with E-state index in [0.717, 1.165) is 42.3 Å². The Balaban J connectivity index is 1.34. The second-order valence-corrected chi connectivity index (χ2v) is 7.66. The number of thioether (sulfide) groups is 1. The van der Waals surface area contributed by atoms with Gasteiger partial charge in [0.15, 0.2) is 11.5 Å². The fourth-order valence-corrected chi connectivity index (χ4v) is 4.93. The highest BCUT2D eigenvalue weighted by molar-refractivity contribution is 8.01. The summed E-state index contributed by atoms with van der Waals surface area (Å²) < 4.78 is 16.3. The lowest BCUT2D eigenvalue weighted by molar-refractivity contribution is -0.135. The zero-order valence-electron chi connectivity index (χ0n) is 12.5. The highest BCUT2D eigenvalue weighted by Gasteiger charge is 2.50. The first-order valence-electron chi connectivity index (χ1n) is 7.50. The van der Waals surface area contributed by atoms with E-state index < -0.39 is 0 Å². The van der Waals surface area contributed by atoms with Crippen LogP contribution < -0.4 is 9.47 Å². The molecule has 1 aromatic carbocycles. The molecule has 6 heteroatoms. The minimum Gasteiger partial charge on any atom is -0.454 e. The molecule has 1 unspecified atom stereocenters. The van der Waals surface area contributed by atoms with Crippen LogP contribution in [0.3, 0.4) is 0 Å².